The molecule has 3 fully saturated rings. The highest BCUT2D eigenvalue weighted by Gasteiger charge is 2.48. The van der Waals surface area contributed by atoms with Gasteiger partial charge in [-0.15, -0.1) is 0 Å². The first-order valence-corrected chi connectivity index (χ1v) is 14.2. The number of hydrogen-bond acceptors (Lipinski definition) is 9. The molecule has 3 unspecified atom stereocenters. The molecule has 182 valence electrons. The minimum atomic E-state index is -4.80. The van der Waals surface area contributed by atoms with E-state index in [1.807, 2.05) is 0 Å². The van der Waals surface area contributed by atoms with Crippen LogP contribution in [0.25, 0.3) is 5.52 Å². The summed E-state index contributed by atoms with van der Waals surface area (Å²) in [6, 6.07) is 1.75. The molecule has 0 spiro atoms. The zero-order valence-electron chi connectivity index (χ0n) is 17.1. The number of fused-ring (bicyclic) bond motifs is 2. The quantitative estimate of drug-likeness (QED) is 0.313. The third-order valence-corrected chi connectivity index (χ3v) is 9.86. The van der Waals surface area contributed by atoms with Crippen LogP contribution in [0.1, 0.15) is 18.3 Å². The molecule has 2 aromatic heterocycles. The second-order valence-electron chi connectivity index (χ2n) is 8.74. The smallest absolute Gasteiger partial charge is 0.340 e. The summed E-state index contributed by atoms with van der Waals surface area (Å²) >= 11 is 6.25. The summed E-state index contributed by atoms with van der Waals surface area (Å²) in [6.07, 6.45) is -2.57. The first kappa shape index (κ1) is 23.6. The lowest BCUT2D eigenvalue weighted by Crippen LogP contribution is -2.33. The number of nitrogens with zero attached hydrogens (tertiary/aromatic N) is 4. The minimum absolute atomic E-state index is 0.176. The number of aromatic nitrogens is 3. The fourth-order valence-corrected chi connectivity index (χ4v) is 7.30. The monoisotopic (exact) mass is 524 g/mol. The van der Waals surface area contributed by atoms with E-state index in [4.69, 9.17) is 30.6 Å². The molecule has 0 radical (unpaired) electrons. The number of imidazole rings is 1. The van der Waals surface area contributed by atoms with Crippen LogP contribution in [0.3, 0.4) is 0 Å². The average Bonchev–Trinajstić information content (AvgIpc) is 3.01. The molecule has 5 rings (SSSR count). The molecule has 13 nitrogen and oxygen atoms in total. The maximum Gasteiger partial charge on any atom is 0.340 e. The Kier molecular flexibility index (Phi) is 5.90. The maximum atomic E-state index is 11.9. The predicted octanol–water partition coefficient (Wildman–Crippen LogP) is 0.338. The molecular formula is C17H23ClN4O9P2. The number of aliphatic hydroxyl groups excluding tert-OH is 2. The van der Waals surface area contributed by atoms with E-state index in [0.29, 0.717) is 17.4 Å². The molecule has 5 N–H and O–H groups in total. The molecule has 16 heteroatoms. The van der Waals surface area contributed by atoms with Crippen molar-refractivity contribution in [2.75, 3.05) is 30.5 Å². The van der Waals surface area contributed by atoms with E-state index in [2.05, 4.69) is 15.0 Å². The van der Waals surface area contributed by atoms with Crippen molar-refractivity contribution in [2.24, 2.45) is 11.8 Å². The lowest BCUT2D eigenvalue weighted by molar-refractivity contribution is -0.0217. The number of anilines is 1. The number of piperidine rings is 1. The Labute approximate surface area is 192 Å². The summed E-state index contributed by atoms with van der Waals surface area (Å²) in [7, 11) is -9.45. The Morgan fingerprint density at radius 2 is 1.88 bits per heavy atom. The molecule has 2 saturated heterocycles. The lowest BCUT2D eigenvalue weighted by atomic mass is 10.1. The van der Waals surface area contributed by atoms with E-state index in [-0.39, 0.29) is 11.0 Å². The molecule has 2 aliphatic heterocycles. The van der Waals surface area contributed by atoms with Crippen molar-refractivity contribution in [2.45, 2.75) is 30.8 Å². The van der Waals surface area contributed by atoms with Crippen molar-refractivity contribution in [3.05, 3.63) is 23.2 Å². The molecule has 4 heterocycles. The number of hydrogen-bond donors (Lipinski definition) is 5. The van der Waals surface area contributed by atoms with Gasteiger partial charge in [-0.3, -0.25) is 9.13 Å². The molecule has 1 aliphatic carbocycles. The summed E-state index contributed by atoms with van der Waals surface area (Å²) in [5, 5.41) is 25.4. The van der Waals surface area contributed by atoms with Crippen LogP contribution < -0.4 is 4.90 Å². The first-order valence-electron chi connectivity index (χ1n) is 10.2. The van der Waals surface area contributed by atoms with Crippen LogP contribution in [-0.4, -0.2) is 83.4 Å². The first-order chi connectivity index (χ1) is 15.4. The van der Waals surface area contributed by atoms with Gasteiger partial charge in [0.2, 0.25) is 0 Å². The third-order valence-electron chi connectivity index (χ3n) is 6.22. The van der Waals surface area contributed by atoms with Crippen molar-refractivity contribution in [1.82, 2.24) is 14.6 Å². The Balaban J connectivity index is 1.36. The number of ether oxygens (including phenoxy) is 1. The summed E-state index contributed by atoms with van der Waals surface area (Å²) in [5.74, 6) is 0.171. The van der Waals surface area contributed by atoms with Gasteiger partial charge in [-0.05, 0) is 18.3 Å². The van der Waals surface area contributed by atoms with E-state index in [1.165, 1.54) is 10.9 Å². The maximum absolute atomic E-state index is 11.9. The largest absolute Gasteiger partial charge is 0.387 e. The van der Waals surface area contributed by atoms with Gasteiger partial charge >= 0.3 is 15.2 Å². The van der Waals surface area contributed by atoms with Crippen LogP contribution in [0.2, 0.25) is 5.15 Å². The molecule has 0 bridgehead atoms. The fourth-order valence-electron chi connectivity index (χ4n) is 4.56. The minimum Gasteiger partial charge on any atom is -0.387 e. The van der Waals surface area contributed by atoms with Gasteiger partial charge in [-0.25, -0.2) is 9.50 Å². The van der Waals surface area contributed by atoms with Gasteiger partial charge in [0, 0.05) is 19.2 Å². The number of rotatable bonds is 7. The van der Waals surface area contributed by atoms with Gasteiger partial charge in [0.1, 0.15) is 29.9 Å². The van der Waals surface area contributed by atoms with E-state index in [1.54, 1.807) is 12.3 Å². The third kappa shape index (κ3) is 4.72. The highest BCUT2D eigenvalue weighted by molar-refractivity contribution is 7.70. The van der Waals surface area contributed by atoms with Crippen molar-refractivity contribution in [1.29, 1.82) is 0 Å². The molecular weight excluding hydrogens is 502 g/mol. The van der Waals surface area contributed by atoms with Gasteiger partial charge in [0.15, 0.2) is 16.9 Å². The predicted molar refractivity (Wildman–Crippen MR) is 114 cm³/mol. The van der Waals surface area contributed by atoms with Gasteiger partial charge in [0.05, 0.1) is 18.5 Å². The topological polar surface area (TPSA) is 187 Å². The zero-order valence-corrected chi connectivity index (χ0v) is 19.6. The summed E-state index contributed by atoms with van der Waals surface area (Å²) in [5.41, 5.74) is 1.51. The van der Waals surface area contributed by atoms with Gasteiger partial charge < -0.3 is 39.1 Å². The molecule has 0 aromatic carbocycles. The van der Waals surface area contributed by atoms with E-state index in [0.717, 1.165) is 18.8 Å². The second-order valence-corrected chi connectivity index (χ2v) is 13.1. The van der Waals surface area contributed by atoms with Crippen molar-refractivity contribution < 1.29 is 43.3 Å². The zero-order chi connectivity index (χ0) is 23.7. The van der Waals surface area contributed by atoms with E-state index < -0.39 is 52.1 Å². The standard InChI is InChI=1S/C17H23ClN4O9P2/c18-13-2-10(21-4-8-1-9(8)5-21)11-3-19-17(22(11)20-13)16-15(24)14(23)12(31-16)6-30-33(28,29)7-32(25,26)27/h2-3,8-9,12,14-16,23-24H,1,4-7H2,(H,28,29)(H2,25,26,27)/t8?,9?,12-,14-,15-,16-/m1/s1. The van der Waals surface area contributed by atoms with Crippen LogP contribution in [0, 0.1) is 11.8 Å². The summed E-state index contributed by atoms with van der Waals surface area (Å²) < 4.78 is 34.7. The Hall–Kier alpha value is -1.11. The fraction of sp³-hybridized carbons (Fsp3) is 0.647. The normalized spacial score (nSPS) is 33.5. The average molecular weight is 525 g/mol. The molecule has 1 saturated carbocycles. The van der Waals surface area contributed by atoms with Crippen LogP contribution in [0.5, 0.6) is 0 Å². The van der Waals surface area contributed by atoms with Crippen LogP contribution in [-0.2, 0) is 18.4 Å². The van der Waals surface area contributed by atoms with Crippen molar-refractivity contribution in [3.63, 3.8) is 0 Å². The van der Waals surface area contributed by atoms with E-state index in [9.17, 15) is 24.2 Å². The Morgan fingerprint density at radius 3 is 2.55 bits per heavy atom. The lowest BCUT2D eigenvalue weighted by Gasteiger charge is -2.21. The second kappa shape index (κ2) is 8.23. The van der Waals surface area contributed by atoms with Crippen molar-refractivity contribution >= 4 is 38.0 Å². The van der Waals surface area contributed by atoms with Crippen LogP contribution in [0.15, 0.2) is 12.3 Å². The summed E-state index contributed by atoms with van der Waals surface area (Å²) in [4.78, 5) is 34.0. The number of halogens is 1. The van der Waals surface area contributed by atoms with Gasteiger partial charge in [0.25, 0.3) is 0 Å². The highest BCUT2D eigenvalue weighted by Crippen LogP contribution is 2.55. The SMILES string of the molecule is O=P(O)(O)CP(=O)(O)OC[C@H]1O[C@@H](c2ncc3c(N4CC5CC5C4)cc(Cl)nn23)[C@H](O)[C@@H]1O. The van der Waals surface area contributed by atoms with Crippen molar-refractivity contribution in [3.8, 4) is 0 Å². The summed E-state index contributed by atoms with van der Waals surface area (Å²) in [6.45, 7) is 1.15. The Bertz CT molecular complexity index is 1160. The number of aliphatic hydroxyl groups is 2. The van der Waals surface area contributed by atoms with Gasteiger partial charge in [-0.2, -0.15) is 5.10 Å². The molecule has 0 amide bonds. The molecule has 7 atom stereocenters. The van der Waals surface area contributed by atoms with Crippen LogP contribution >= 0.6 is 26.8 Å². The molecule has 3 aliphatic rings. The molecule has 33 heavy (non-hydrogen) atoms. The van der Waals surface area contributed by atoms with Gasteiger partial charge in [-0.1, -0.05) is 11.6 Å². The Morgan fingerprint density at radius 1 is 1.18 bits per heavy atom. The highest BCUT2D eigenvalue weighted by atomic mass is 35.5. The van der Waals surface area contributed by atoms with Crippen LogP contribution in [0.4, 0.5) is 5.69 Å². The molecule has 2 aromatic rings. The van der Waals surface area contributed by atoms with E-state index >= 15 is 0 Å².